The molecule has 5 heteroatoms. The van der Waals surface area contributed by atoms with Crippen LogP contribution in [0.25, 0.3) is 0 Å². The average Bonchev–Trinajstić information content (AvgIpc) is 2.77. The average molecular weight is 232 g/mol. The van der Waals surface area contributed by atoms with E-state index in [4.69, 9.17) is 9.15 Å². The van der Waals surface area contributed by atoms with Gasteiger partial charge in [-0.15, -0.1) is 0 Å². The maximum atomic E-state index is 11.7. The molecule has 0 aliphatic heterocycles. The van der Waals surface area contributed by atoms with Gasteiger partial charge in [0.1, 0.15) is 11.5 Å². The highest BCUT2D eigenvalue weighted by Crippen LogP contribution is 2.15. The zero-order chi connectivity index (χ0) is 12.3. The van der Waals surface area contributed by atoms with Gasteiger partial charge in [-0.05, 0) is 31.2 Å². The van der Waals surface area contributed by atoms with E-state index in [9.17, 15) is 4.79 Å². The minimum Gasteiger partial charge on any atom is -0.497 e. The number of nitrogens with one attached hydrogen (secondary N) is 1. The summed E-state index contributed by atoms with van der Waals surface area (Å²) in [6.45, 7) is 1.73. The molecule has 1 N–H and O–H groups in total. The van der Waals surface area contributed by atoms with Gasteiger partial charge in [-0.3, -0.25) is 4.79 Å². The van der Waals surface area contributed by atoms with Crippen molar-refractivity contribution in [2.75, 3.05) is 12.4 Å². The fourth-order valence-electron chi connectivity index (χ4n) is 1.32. The third-order valence-corrected chi connectivity index (χ3v) is 2.16. The number of hydrogen-bond acceptors (Lipinski definition) is 4. The van der Waals surface area contributed by atoms with Crippen LogP contribution in [-0.4, -0.2) is 18.0 Å². The first-order chi connectivity index (χ1) is 8.19. The molecule has 0 saturated carbocycles. The van der Waals surface area contributed by atoms with Crippen molar-refractivity contribution in [3.63, 3.8) is 0 Å². The number of oxazole rings is 1. The van der Waals surface area contributed by atoms with E-state index < -0.39 is 0 Å². The summed E-state index contributed by atoms with van der Waals surface area (Å²) in [7, 11) is 1.59. The van der Waals surface area contributed by atoms with Gasteiger partial charge in [0, 0.05) is 5.69 Å². The van der Waals surface area contributed by atoms with E-state index in [1.54, 1.807) is 38.3 Å². The van der Waals surface area contributed by atoms with E-state index in [0.29, 0.717) is 11.4 Å². The van der Waals surface area contributed by atoms with Crippen molar-refractivity contribution in [1.82, 2.24) is 4.98 Å². The predicted octanol–water partition coefficient (Wildman–Crippen LogP) is 2.24. The van der Waals surface area contributed by atoms with E-state index in [0.717, 1.165) is 5.75 Å². The van der Waals surface area contributed by atoms with Gasteiger partial charge in [0.15, 0.2) is 0 Å². The van der Waals surface area contributed by atoms with Gasteiger partial charge >= 0.3 is 5.91 Å². The highest BCUT2D eigenvalue weighted by atomic mass is 16.5. The van der Waals surface area contributed by atoms with Crippen molar-refractivity contribution in [2.24, 2.45) is 0 Å². The Hall–Kier alpha value is -2.30. The van der Waals surface area contributed by atoms with Gasteiger partial charge in [0.25, 0.3) is 5.89 Å². The van der Waals surface area contributed by atoms with Crippen LogP contribution < -0.4 is 10.1 Å². The van der Waals surface area contributed by atoms with Crippen LogP contribution in [0.4, 0.5) is 5.69 Å². The molecule has 0 bridgehead atoms. The SMILES string of the molecule is COc1ccc(NC(=O)c2ncc(C)o2)cc1. The maximum Gasteiger partial charge on any atom is 0.311 e. The van der Waals surface area contributed by atoms with Gasteiger partial charge in [-0.1, -0.05) is 0 Å². The molecule has 2 rings (SSSR count). The molecule has 1 aromatic heterocycles. The summed E-state index contributed by atoms with van der Waals surface area (Å²) >= 11 is 0. The Morgan fingerprint density at radius 1 is 1.35 bits per heavy atom. The van der Waals surface area contributed by atoms with Crippen molar-refractivity contribution >= 4 is 11.6 Å². The van der Waals surface area contributed by atoms with Crippen LogP contribution >= 0.6 is 0 Å². The van der Waals surface area contributed by atoms with Gasteiger partial charge in [0.2, 0.25) is 0 Å². The third kappa shape index (κ3) is 2.63. The fraction of sp³-hybridized carbons (Fsp3) is 0.167. The zero-order valence-electron chi connectivity index (χ0n) is 9.56. The molecule has 0 saturated heterocycles. The Morgan fingerprint density at radius 3 is 2.59 bits per heavy atom. The quantitative estimate of drug-likeness (QED) is 0.881. The number of rotatable bonds is 3. The Bertz CT molecular complexity index is 517. The number of ether oxygens (including phenoxy) is 1. The number of amides is 1. The number of nitrogens with zero attached hydrogens (tertiary/aromatic N) is 1. The third-order valence-electron chi connectivity index (χ3n) is 2.16. The first-order valence-corrected chi connectivity index (χ1v) is 5.07. The minimum atomic E-state index is -0.372. The second-order valence-corrected chi connectivity index (χ2v) is 3.46. The molecule has 1 aromatic carbocycles. The lowest BCUT2D eigenvalue weighted by Gasteiger charge is -2.03. The lowest BCUT2D eigenvalue weighted by molar-refractivity contribution is 0.0989. The number of aromatic nitrogens is 1. The molecule has 0 unspecified atom stereocenters. The second-order valence-electron chi connectivity index (χ2n) is 3.46. The van der Waals surface area contributed by atoms with Crippen LogP contribution in [0, 0.1) is 6.92 Å². The molecule has 0 aliphatic carbocycles. The normalized spacial score (nSPS) is 10.0. The molecular formula is C12H12N2O3. The monoisotopic (exact) mass is 232 g/mol. The van der Waals surface area contributed by atoms with Crippen molar-refractivity contribution in [3.8, 4) is 5.75 Å². The van der Waals surface area contributed by atoms with Gasteiger partial charge in [-0.2, -0.15) is 0 Å². The van der Waals surface area contributed by atoms with Crippen LogP contribution in [0.2, 0.25) is 0 Å². The number of hydrogen-bond donors (Lipinski definition) is 1. The van der Waals surface area contributed by atoms with Crippen LogP contribution in [0.15, 0.2) is 34.9 Å². The van der Waals surface area contributed by atoms with Crippen LogP contribution in [-0.2, 0) is 0 Å². The zero-order valence-corrected chi connectivity index (χ0v) is 9.56. The first kappa shape index (κ1) is 11.2. The predicted molar refractivity (Wildman–Crippen MR) is 62.2 cm³/mol. The van der Waals surface area contributed by atoms with Gasteiger partial charge in [0.05, 0.1) is 13.3 Å². The van der Waals surface area contributed by atoms with Crippen LogP contribution in [0.1, 0.15) is 16.4 Å². The molecule has 0 aliphatic rings. The Kier molecular flexibility index (Phi) is 3.09. The number of methoxy groups -OCH3 is 1. The lowest BCUT2D eigenvalue weighted by atomic mass is 10.3. The number of benzene rings is 1. The molecule has 1 amide bonds. The minimum absolute atomic E-state index is 0.0540. The Morgan fingerprint density at radius 2 is 2.06 bits per heavy atom. The summed E-state index contributed by atoms with van der Waals surface area (Å²) in [6.07, 6.45) is 1.50. The second kappa shape index (κ2) is 4.69. The largest absolute Gasteiger partial charge is 0.497 e. The molecule has 2 aromatic rings. The summed E-state index contributed by atoms with van der Waals surface area (Å²) < 4.78 is 10.1. The molecule has 0 fully saturated rings. The highest BCUT2D eigenvalue weighted by molar-refractivity contribution is 6.00. The smallest absolute Gasteiger partial charge is 0.311 e. The van der Waals surface area contributed by atoms with Crippen molar-refractivity contribution < 1.29 is 13.9 Å². The molecular weight excluding hydrogens is 220 g/mol. The molecule has 0 radical (unpaired) electrons. The van der Waals surface area contributed by atoms with Gasteiger partial charge in [-0.25, -0.2) is 4.98 Å². The summed E-state index contributed by atoms with van der Waals surface area (Å²) in [5.74, 6) is 1.02. The molecule has 17 heavy (non-hydrogen) atoms. The van der Waals surface area contributed by atoms with E-state index >= 15 is 0 Å². The first-order valence-electron chi connectivity index (χ1n) is 5.07. The summed E-state index contributed by atoms with van der Waals surface area (Å²) in [6, 6.07) is 7.01. The summed E-state index contributed by atoms with van der Waals surface area (Å²) in [5.41, 5.74) is 0.659. The standard InChI is InChI=1S/C12H12N2O3/c1-8-7-13-12(17-8)11(15)14-9-3-5-10(16-2)6-4-9/h3-7H,1-2H3,(H,14,15). The van der Waals surface area contributed by atoms with E-state index in [2.05, 4.69) is 10.3 Å². The molecule has 0 atom stereocenters. The Labute approximate surface area is 98.4 Å². The topological polar surface area (TPSA) is 64.4 Å². The fourth-order valence-corrected chi connectivity index (χ4v) is 1.32. The summed E-state index contributed by atoms with van der Waals surface area (Å²) in [5, 5.41) is 2.67. The number of carbonyl (C=O) groups excluding carboxylic acids is 1. The molecule has 88 valence electrons. The maximum absolute atomic E-state index is 11.7. The molecule has 1 heterocycles. The van der Waals surface area contributed by atoms with Crippen molar-refractivity contribution in [1.29, 1.82) is 0 Å². The van der Waals surface area contributed by atoms with E-state index in [1.165, 1.54) is 6.20 Å². The summed E-state index contributed by atoms with van der Waals surface area (Å²) in [4.78, 5) is 15.5. The van der Waals surface area contributed by atoms with Gasteiger partial charge < -0.3 is 14.5 Å². The molecule has 0 spiro atoms. The van der Waals surface area contributed by atoms with E-state index in [1.807, 2.05) is 0 Å². The van der Waals surface area contributed by atoms with Crippen LogP contribution in [0.3, 0.4) is 0 Å². The number of carbonyl (C=O) groups is 1. The van der Waals surface area contributed by atoms with E-state index in [-0.39, 0.29) is 11.8 Å². The van der Waals surface area contributed by atoms with Crippen molar-refractivity contribution in [2.45, 2.75) is 6.92 Å². The molecule has 5 nitrogen and oxygen atoms in total. The van der Waals surface area contributed by atoms with Crippen LogP contribution in [0.5, 0.6) is 5.75 Å². The highest BCUT2D eigenvalue weighted by Gasteiger charge is 2.11. The Balaban J connectivity index is 2.07. The number of anilines is 1. The number of aryl methyl sites for hydroxylation is 1. The lowest BCUT2D eigenvalue weighted by Crippen LogP contribution is -2.11. The van der Waals surface area contributed by atoms with Crippen molar-refractivity contribution in [3.05, 3.63) is 42.1 Å².